The van der Waals surface area contributed by atoms with E-state index in [-0.39, 0.29) is 0 Å². The fraction of sp³-hybridized carbons (Fsp3) is 0.450. The monoisotopic (exact) mass is 354 g/mol. The number of nitrogens with zero attached hydrogens (tertiary/aromatic N) is 3. The van der Waals surface area contributed by atoms with Crippen LogP contribution in [0.1, 0.15) is 17.7 Å². The van der Waals surface area contributed by atoms with Crippen LogP contribution in [0.4, 0.5) is 11.4 Å². The molecule has 6 nitrogen and oxygen atoms in total. The summed E-state index contributed by atoms with van der Waals surface area (Å²) in [5, 5.41) is 0. The van der Waals surface area contributed by atoms with Crippen molar-refractivity contribution in [2.75, 3.05) is 50.8 Å². The molecule has 1 aromatic carbocycles. The van der Waals surface area contributed by atoms with Crippen LogP contribution in [0.2, 0.25) is 0 Å². The van der Waals surface area contributed by atoms with Gasteiger partial charge in [-0.2, -0.15) is 0 Å². The van der Waals surface area contributed by atoms with Gasteiger partial charge in [0, 0.05) is 38.4 Å². The molecule has 26 heavy (non-hydrogen) atoms. The van der Waals surface area contributed by atoms with E-state index in [4.69, 9.17) is 14.9 Å². The third kappa shape index (κ3) is 3.92. The predicted octanol–water partition coefficient (Wildman–Crippen LogP) is 2.40. The lowest BCUT2D eigenvalue weighted by molar-refractivity contribution is 0.0376. The van der Waals surface area contributed by atoms with Crippen molar-refractivity contribution in [3.63, 3.8) is 0 Å². The lowest BCUT2D eigenvalue weighted by Gasteiger charge is -2.28. The predicted molar refractivity (Wildman–Crippen MR) is 103 cm³/mol. The number of morpholine rings is 1. The van der Waals surface area contributed by atoms with Crippen LogP contribution in [-0.2, 0) is 11.2 Å². The molecule has 0 amide bonds. The summed E-state index contributed by atoms with van der Waals surface area (Å²) in [5.74, 6) is 1.01. The molecule has 2 aliphatic heterocycles. The molecule has 0 bridgehead atoms. The minimum absolute atomic E-state index is 0.409. The zero-order valence-electron chi connectivity index (χ0n) is 15.1. The summed E-state index contributed by atoms with van der Waals surface area (Å²) in [7, 11) is 0. The van der Waals surface area contributed by atoms with Crippen molar-refractivity contribution in [2.24, 2.45) is 10.7 Å². The summed E-state index contributed by atoms with van der Waals surface area (Å²) >= 11 is 0. The molecule has 1 saturated heterocycles. The molecule has 3 heterocycles. The smallest absolute Gasteiger partial charge is 0.168 e. The first kappa shape index (κ1) is 17.1. The Kier molecular flexibility index (Phi) is 5.22. The van der Waals surface area contributed by atoms with E-state index in [0.717, 1.165) is 58.0 Å². The Morgan fingerprint density at radius 1 is 1.12 bits per heavy atom. The normalized spacial score (nSPS) is 18.3. The van der Waals surface area contributed by atoms with E-state index in [1.54, 1.807) is 6.26 Å². The van der Waals surface area contributed by atoms with E-state index >= 15 is 0 Å². The Hall–Kier alpha value is -2.31. The molecule has 2 aromatic rings. The number of benzene rings is 1. The molecule has 1 fully saturated rings. The van der Waals surface area contributed by atoms with Crippen LogP contribution in [0.5, 0.6) is 0 Å². The zero-order chi connectivity index (χ0) is 17.8. The Bertz CT molecular complexity index is 751. The minimum Gasteiger partial charge on any atom is -0.461 e. The summed E-state index contributed by atoms with van der Waals surface area (Å²) in [6.45, 7) is 7.14. The van der Waals surface area contributed by atoms with Gasteiger partial charge in [0.15, 0.2) is 11.6 Å². The summed E-state index contributed by atoms with van der Waals surface area (Å²) in [6, 6.07) is 9.99. The summed E-state index contributed by atoms with van der Waals surface area (Å²) in [5.41, 5.74) is 9.60. The van der Waals surface area contributed by atoms with Crippen molar-refractivity contribution >= 4 is 17.2 Å². The van der Waals surface area contributed by atoms with Gasteiger partial charge in [-0.1, -0.05) is 6.07 Å². The second-order valence-electron chi connectivity index (χ2n) is 6.83. The van der Waals surface area contributed by atoms with Gasteiger partial charge in [-0.15, -0.1) is 0 Å². The highest BCUT2D eigenvalue weighted by molar-refractivity contribution is 5.96. The molecule has 0 atom stereocenters. The molecule has 4 rings (SSSR count). The van der Waals surface area contributed by atoms with E-state index in [0.29, 0.717) is 11.6 Å². The van der Waals surface area contributed by atoms with E-state index in [2.05, 4.69) is 26.9 Å². The van der Waals surface area contributed by atoms with E-state index in [9.17, 15) is 0 Å². The maximum Gasteiger partial charge on any atom is 0.168 e. The maximum atomic E-state index is 6.04. The second-order valence-corrected chi connectivity index (χ2v) is 6.83. The maximum absolute atomic E-state index is 6.04. The molecule has 2 N–H and O–H groups in total. The summed E-state index contributed by atoms with van der Waals surface area (Å²) in [4.78, 5) is 9.48. The standard InChI is InChI=1S/C20H26N4O2/c21-20(19-3-1-12-26-19)22-17-5-4-16-6-9-24(18(16)15-17)8-2-7-23-10-13-25-14-11-23/h1,3-5,12,15H,2,6-11,13-14H2,(H2,21,22). The number of furan rings is 1. The van der Waals surface area contributed by atoms with Crippen molar-refractivity contribution in [1.29, 1.82) is 0 Å². The molecule has 0 radical (unpaired) electrons. The van der Waals surface area contributed by atoms with Crippen LogP contribution in [0, 0.1) is 0 Å². The molecular formula is C20H26N4O2. The van der Waals surface area contributed by atoms with E-state index in [1.807, 2.05) is 18.2 Å². The first-order valence-corrected chi connectivity index (χ1v) is 9.35. The van der Waals surface area contributed by atoms with Crippen LogP contribution in [0.3, 0.4) is 0 Å². The SMILES string of the molecule is NC(=Nc1ccc2c(c1)N(CCCN1CCOCC1)CC2)c1ccco1. The van der Waals surface area contributed by atoms with Crippen molar-refractivity contribution in [3.05, 3.63) is 47.9 Å². The average molecular weight is 354 g/mol. The Morgan fingerprint density at radius 3 is 2.81 bits per heavy atom. The first-order valence-electron chi connectivity index (χ1n) is 9.35. The van der Waals surface area contributed by atoms with Crippen LogP contribution < -0.4 is 10.6 Å². The number of amidine groups is 1. The molecule has 6 heteroatoms. The molecular weight excluding hydrogens is 328 g/mol. The van der Waals surface area contributed by atoms with Gasteiger partial charge in [0.2, 0.25) is 0 Å². The lowest BCUT2D eigenvalue weighted by atomic mass is 10.1. The van der Waals surface area contributed by atoms with Crippen LogP contribution >= 0.6 is 0 Å². The average Bonchev–Trinajstić information content (AvgIpc) is 3.33. The van der Waals surface area contributed by atoms with Gasteiger partial charge in [-0.25, -0.2) is 4.99 Å². The third-order valence-electron chi connectivity index (χ3n) is 5.09. The number of fused-ring (bicyclic) bond motifs is 1. The first-order chi connectivity index (χ1) is 12.8. The molecule has 0 aliphatic carbocycles. The topological polar surface area (TPSA) is 67.2 Å². The van der Waals surface area contributed by atoms with Gasteiger partial charge in [0.1, 0.15) is 0 Å². The molecule has 138 valence electrons. The number of ether oxygens (including phenoxy) is 1. The quantitative estimate of drug-likeness (QED) is 0.637. The highest BCUT2D eigenvalue weighted by Gasteiger charge is 2.19. The number of hydrogen-bond donors (Lipinski definition) is 1. The molecule has 0 unspecified atom stereocenters. The highest BCUT2D eigenvalue weighted by Crippen LogP contribution is 2.32. The fourth-order valence-electron chi connectivity index (χ4n) is 3.66. The lowest BCUT2D eigenvalue weighted by Crippen LogP contribution is -2.38. The van der Waals surface area contributed by atoms with Gasteiger partial charge in [-0.3, -0.25) is 4.90 Å². The van der Waals surface area contributed by atoms with E-state index in [1.165, 1.54) is 17.7 Å². The van der Waals surface area contributed by atoms with Crippen molar-refractivity contribution in [1.82, 2.24) is 4.90 Å². The largest absolute Gasteiger partial charge is 0.461 e. The van der Waals surface area contributed by atoms with Crippen molar-refractivity contribution in [2.45, 2.75) is 12.8 Å². The van der Waals surface area contributed by atoms with Crippen LogP contribution in [0.15, 0.2) is 46.0 Å². The highest BCUT2D eigenvalue weighted by atomic mass is 16.5. The van der Waals surface area contributed by atoms with Crippen LogP contribution in [-0.4, -0.2) is 56.7 Å². The van der Waals surface area contributed by atoms with Gasteiger partial charge in [0.05, 0.1) is 25.2 Å². The van der Waals surface area contributed by atoms with Gasteiger partial charge in [0.25, 0.3) is 0 Å². The third-order valence-corrected chi connectivity index (χ3v) is 5.09. The van der Waals surface area contributed by atoms with Crippen molar-refractivity contribution < 1.29 is 9.15 Å². The van der Waals surface area contributed by atoms with Gasteiger partial charge < -0.3 is 19.8 Å². The Balaban J connectivity index is 1.40. The van der Waals surface area contributed by atoms with Gasteiger partial charge >= 0.3 is 0 Å². The van der Waals surface area contributed by atoms with Gasteiger partial charge in [-0.05, 0) is 42.7 Å². The number of aliphatic imine (C=N–C) groups is 1. The number of anilines is 1. The Labute approximate surface area is 154 Å². The minimum atomic E-state index is 0.409. The van der Waals surface area contributed by atoms with Crippen molar-refractivity contribution in [3.8, 4) is 0 Å². The molecule has 1 aromatic heterocycles. The number of hydrogen-bond acceptors (Lipinski definition) is 5. The van der Waals surface area contributed by atoms with Crippen LogP contribution in [0.25, 0.3) is 0 Å². The fourth-order valence-corrected chi connectivity index (χ4v) is 3.66. The second kappa shape index (κ2) is 7.93. The number of rotatable bonds is 6. The molecule has 0 spiro atoms. The number of nitrogens with two attached hydrogens (primary N) is 1. The Morgan fingerprint density at radius 2 is 2.00 bits per heavy atom. The summed E-state index contributed by atoms with van der Waals surface area (Å²) < 4.78 is 10.7. The molecule has 0 saturated carbocycles. The summed E-state index contributed by atoms with van der Waals surface area (Å²) in [6.07, 6.45) is 3.88. The van der Waals surface area contributed by atoms with E-state index < -0.39 is 0 Å². The molecule has 2 aliphatic rings. The zero-order valence-corrected chi connectivity index (χ0v) is 15.1.